The lowest BCUT2D eigenvalue weighted by molar-refractivity contribution is -0.878. The van der Waals surface area contributed by atoms with Gasteiger partial charge >= 0.3 is 0 Å². The number of nitrogens with one attached hydrogen (secondary N) is 1. The van der Waals surface area contributed by atoms with Gasteiger partial charge in [0.15, 0.2) is 5.78 Å². The van der Waals surface area contributed by atoms with Gasteiger partial charge in [0.05, 0.1) is 13.6 Å². The summed E-state index contributed by atoms with van der Waals surface area (Å²) in [5.74, 6) is 0.998. The van der Waals surface area contributed by atoms with Crippen LogP contribution in [0.1, 0.15) is 27.2 Å². The predicted molar refractivity (Wildman–Crippen MR) is 49.2 cm³/mol. The lowest BCUT2D eigenvalue weighted by Gasteiger charge is -2.34. The first-order chi connectivity index (χ1) is 5.39. The van der Waals surface area contributed by atoms with E-state index in [4.69, 9.17) is 0 Å². The Kier molecular flexibility index (Phi) is 2.57. The summed E-state index contributed by atoms with van der Waals surface area (Å²) in [6, 6.07) is 0. The van der Waals surface area contributed by atoms with Crippen LogP contribution < -0.4 is 4.90 Å². The average molecular weight is 170 g/mol. The second-order valence-corrected chi connectivity index (χ2v) is 5.14. The van der Waals surface area contributed by atoms with Crippen LogP contribution in [0.5, 0.6) is 0 Å². The molecule has 0 spiro atoms. The smallest absolute Gasteiger partial charge is 0.187 e. The van der Waals surface area contributed by atoms with Crippen LogP contribution in [-0.2, 0) is 4.79 Å². The highest BCUT2D eigenvalue weighted by Crippen LogP contribution is 2.28. The Morgan fingerprint density at radius 3 is 2.42 bits per heavy atom. The zero-order valence-corrected chi connectivity index (χ0v) is 8.61. The number of likely N-dealkylation sites (N-methyl/N-ethyl adjacent to an activating group) is 1. The van der Waals surface area contributed by atoms with Crippen molar-refractivity contribution in [3.05, 3.63) is 0 Å². The topological polar surface area (TPSA) is 21.5 Å². The zero-order chi connectivity index (χ0) is 9.35. The molecule has 0 saturated carbocycles. The van der Waals surface area contributed by atoms with E-state index in [0.29, 0.717) is 11.7 Å². The molecule has 1 N–H and O–H groups in total. The van der Waals surface area contributed by atoms with Crippen molar-refractivity contribution in [3.63, 3.8) is 0 Å². The third-order valence-corrected chi connectivity index (χ3v) is 2.79. The third-order valence-electron chi connectivity index (χ3n) is 2.79. The van der Waals surface area contributed by atoms with Gasteiger partial charge in [0.1, 0.15) is 6.54 Å². The van der Waals surface area contributed by atoms with Crippen molar-refractivity contribution in [1.29, 1.82) is 0 Å². The molecule has 0 aromatic rings. The van der Waals surface area contributed by atoms with Crippen LogP contribution in [-0.4, -0.2) is 25.9 Å². The Labute approximate surface area is 74.9 Å². The third kappa shape index (κ3) is 2.31. The van der Waals surface area contributed by atoms with Crippen LogP contribution in [0.3, 0.4) is 0 Å². The molecule has 0 aromatic heterocycles. The Morgan fingerprint density at radius 1 is 1.42 bits per heavy atom. The highest BCUT2D eigenvalue weighted by atomic mass is 16.1. The van der Waals surface area contributed by atoms with Crippen molar-refractivity contribution >= 4 is 5.78 Å². The van der Waals surface area contributed by atoms with Crippen LogP contribution >= 0.6 is 0 Å². The molecule has 1 rings (SSSR count). The van der Waals surface area contributed by atoms with Gasteiger partial charge in [0, 0.05) is 12.3 Å². The number of likely N-dealkylation sites (tertiary alicyclic amines) is 1. The lowest BCUT2D eigenvalue weighted by atomic mass is 9.76. The van der Waals surface area contributed by atoms with Gasteiger partial charge in [0.25, 0.3) is 0 Å². The van der Waals surface area contributed by atoms with E-state index in [9.17, 15) is 4.79 Å². The highest BCUT2D eigenvalue weighted by molar-refractivity contribution is 5.80. The average Bonchev–Trinajstić information content (AvgIpc) is 1.82. The molecule has 1 fully saturated rings. The van der Waals surface area contributed by atoms with Crippen molar-refractivity contribution in [2.45, 2.75) is 27.2 Å². The molecule has 0 aliphatic carbocycles. The van der Waals surface area contributed by atoms with Gasteiger partial charge in [-0.05, 0) is 5.41 Å². The molecule has 0 amide bonds. The van der Waals surface area contributed by atoms with E-state index in [2.05, 4.69) is 27.8 Å². The minimum Gasteiger partial charge on any atom is -0.331 e. The largest absolute Gasteiger partial charge is 0.331 e. The van der Waals surface area contributed by atoms with E-state index in [1.165, 1.54) is 4.90 Å². The van der Waals surface area contributed by atoms with Crippen LogP contribution in [0.4, 0.5) is 0 Å². The molecule has 0 bridgehead atoms. The van der Waals surface area contributed by atoms with E-state index in [0.717, 1.165) is 19.5 Å². The maximum Gasteiger partial charge on any atom is 0.187 e. The van der Waals surface area contributed by atoms with Crippen molar-refractivity contribution in [3.8, 4) is 0 Å². The minimum absolute atomic E-state index is 0.289. The van der Waals surface area contributed by atoms with E-state index in [1.807, 2.05) is 0 Å². The maximum absolute atomic E-state index is 11.3. The highest BCUT2D eigenvalue weighted by Gasteiger charge is 2.34. The van der Waals surface area contributed by atoms with E-state index < -0.39 is 0 Å². The fourth-order valence-corrected chi connectivity index (χ4v) is 1.86. The van der Waals surface area contributed by atoms with E-state index in [1.54, 1.807) is 0 Å². The molecule has 0 aromatic carbocycles. The molecule has 1 saturated heterocycles. The second-order valence-electron chi connectivity index (χ2n) is 5.14. The Hall–Kier alpha value is -0.370. The Balaban J connectivity index is 2.62. The van der Waals surface area contributed by atoms with Gasteiger partial charge < -0.3 is 4.90 Å². The van der Waals surface area contributed by atoms with Gasteiger partial charge in [-0.1, -0.05) is 20.8 Å². The monoisotopic (exact) mass is 170 g/mol. The van der Waals surface area contributed by atoms with Gasteiger partial charge in [-0.25, -0.2) is 0 Å². The van der Waals surface area contributed by atoms with Gasteiger partial charge in [0.2, 0.25) is 0 Å². The summed E-state index contributed by atoms with van der Waals surface area (Å²) in [6.45, 7) is 8.55. The number of quaternary nitrogens is 1. The molecular weight excluding hydrogens is 150 g/mol. The van der Waals surface area contributed by atoms with Crippen LogP contribution in [0.25, 0.3) is 0 Å². The summed E-state index contributed by atoms with van der Waals surface area (Å²) in [7, 11) is 2.11. The first kappa shape index (κ1) is 9.72. The fraction of sp³-hybridized carbons (Fsp3) is 0.900. The molecule has 2 atom stereocenters. The number of piperidine rings is 1. The standard InChI is InChI=1S/C10H19NO/c1-10(2,3)8-5-9(12)7-11(4)6-8/h8H,5-7H2,1-4H3/p+1. The number of ketones is 1. The zero-order valence-electron chi connectivity index (χ0n) is 8.61. The van der Waals surface area contributed by atoms with Crippen molar-refractivity contribution in [1.82, 2.24) is 0 Å². The Bertz CT molecular complexity index is 181. The van der Waals surface area contributed by atoms with Crippen molar-refractivity contribution in [2.75, 3.05) is 20.1 Å². The number of rotatable bonds is 0. The number of carbonyl (C=O) groups is 1. The minimum atomic E-state index is 0.289. The normalized spacial score (nSPS) is 32.2. The molecule has 1 aliphatic heterocycles. The molecule has 2 unspecified atom stereocenters. The predicted octanol–water partition coefficient (Wildman–Crippen LogP) is 0.136. The molecule has 2 heteroatoms. The summed E-state index contributed by atoms with van der Waals surface area (Å²) >= 11 is 0. The quantitative estimate of drug-likeness (QED) is 0.548. The van der Waals surface area contributed by atoms with Crippen LogP contribution in [0.15, 0.2) is 0 Å². The van der Waals surface area contributed by atoms with Crippen molar-refractivity contribution < 1.29 is 9.69 Å². The van der Waals surface area contributed by atoms with Gasteiger partial charge in [-0.3, -0.25) is 4.79 Å². The molecule has 1 heterocycles. The van der Waals surface area contributed by atoms with Crippen molar-refractivity contribution in [2.24, 2.45) is 11.3 Å². The van der Waals surface area contributed by atoms with E-state index >= 15 is 0 Å². The summed E-state index contributed by atoms with van der Waals surface area (Å²) in [4.78, 5) is 12.7. The summed E-state index contributed by atoms with van der Waals surface area (Å²) in [5, 5.41) is 0. The summed E-state index contributed by atoms with van der Waals surface area (Å²) in [5.41, 5.74) is 0.289. The van der Waals surface area contributed by atoms with Gasteiger partial charge in [-0.15, -0.1) is 0 Å². The van der Waals surface area contributed by atoms with Gasteiger partial charge in [-0.2, -0.15) is 0 Å². The number of Topliss-reactive ketones (excluding diaryl/α,β-unsaturated/α-hetero) is 1. The summed E-state index contributed by atoms with van der Waals surface area (Å²) < 4.78 is 0. The maximum atomic E-state index is 11.3. The fourth-order valence-electron chi connectivity index (χ4n) is 1.86. The van der Waals surface area contributed by atoms with Crippen LogP contribution in [0.2, 0.25) is 0 Å². The lowest BCUT2D eigenvalue weighted by Crippen LogP contribution is -3.12. The van der Waals surface area contributed by atoms with Crippen LogP contribution in [0, 0.1) is 11.3 Å². The molecule has 2 nitrogen and oxygen atoms in total. The number of carbonyl (C=O) groups excluding carboxylic acids is 1. The summed E-state index contributed by atoms with van der Waals surface area (Å²) in [6.07, 6.45) is 0.792. The Morgan fingerprint density at radius 2 is 2.00 bits per heavy atom. The first-order valence-electron chi connectivity index (χ1n) is 4.72. The molecular formula is C10H20NO+. The first-order valence-corrected chi connectivity index (χ1v) is 4.72. The second kappa shape index (κ2) is 3.17. The van der Waals surface area contributed by atoms with E-state index in [-0.39, 0.29) is 5.41 Å². The molecule has 12 heavy (non-hydrogen) atoms. The number of hydrogen-bond donors (Lipinski definition) is 1. The number of hydrogen-bond acceptors (Lipinski definition) is 1. The molecule has 1 aliphatic rings. The SMILES string of the molecule is C[NH+]1CC(=O)CC(C(C)(C)C)C1. The molecule has 70 valence electrons. The molecule has 0 radical (unpaired) electrons.